The standard InChI is InChI=1S/C23H18F3N3/c1-15-13-17(7-10-19-14-27-21-5-3-4-6-22(21)28-19)16(2)29(15)20-11-8-18(9-12-20)23(24,25)26/h3-14H,1-2H3. The molecule has 0 fully saturated rings. The van der Waals surface area contributed by atoms with Crippen LogP contribution in [-0.4, -0.2) is 14.5 Å². The second-order valence-corrected chi connectivity index (χ2v) is 6.82. The molecule has 2 aromatic carbocycles. The van der Waals surface area contributed by atoms with Gasteiger partial charge in [-0.05, 0) is 68.0 Å². The normalized spacial score (nSPS) is 12.2. The molecule has 3 nitrogen and oxygen atoms in total. The van der Waals surface area contributed by atoms with Gasteiger partial charge in [0.2, 0.25) is 0 Å². The van der Waals surface area contributed by atoms with Crippen LogP contribution in [0.5, 0.6) is 0 Å². The lowest BCUT2D eigenvalue weighted by Crippen LogP contribution is -2.05. The van der Waals surface area contributed by atoms with Crippen LogP contribution in [0.3, 0.4) is 0 Å². The first-order valence-corrected chi connectivity index (χ1v) is 9.09. The molecule has 0 amide bonds. The Hall–Kier alpha value is -3.41. The SMILES string of the molecule is Cc1cc(C=Cc2cnc3ccccc3n2)c(C)n1-c1ccc(C(F)(F)F)cc1. The highest BCUT2D eigenvalue weighted by Crippen LogP contribution is 2.30. The summed E-state index contributed by atoms with van der Waals surface area (Å²) in [6.45, 7) is 3.87. The minimum atomic E-state index is -4.34. The Morgan fingerprint density at radius 1 is 0.897 bits per heavy atom. The Morgan fingerprint density at radius 2 is 1.59 bits per heavy atom. The highest BCUT2D eigenvalue weighted by Gasteiger charge is 2.30. The van der Waals surface area contributed by atoms with Gasteiger partial charge in [0, 0.05) is 17.1 Å². The third-order valence-electron chi connectivity index (χ3n) is 4.82. The van der Waals surface area contributed by atoms with Gasteiger partial charge in [-0.1, -0.05) is 18.2 Å². The average Bonchev–Trinajstić information content (AvgIpc) is 2.99. The fourth-order valence-corrected chi connectivity index (χ4v) is 3.38. The molecule has 4 aromatic rings. The topological polar surface area (TPSA) is 30.7 Å². The van der Waals surface area contributed by atoms with Gasteiger partial charge >= 0.3 is 6.18 Å². The number of alkyl halides is 3. The van der Waals surface area contributed by atoms with Gasteiger partial charge in [-0.25, -0.2) is 4.98 Å². The first-order valence-electron chi connectivity index (χ1n) is 9.09. The predicted octanol–water partition coefficient (Wildman–Crippen LogP) is 6.23. The average molecular weight is 393 g/mol. The van der Waals surface area contributed by atoms with E-state index in [1.165, 1.54) is 12.1 Å². The molecule has 0 bridgehead atoms. The van der Waals surface area contributed by atoms with E-state index in [1.807, 2.05) is 60.9 Å². The highest BCUT2D eigenvalue weighted by atomic mass is 19.4. The smallest absolute Gasteiger partial charge is 0.318 e. The lowest BCUT2D eigenvalue weighted by molar-refractivity contribution is -0.137. The number of nitrogens with zero attached hydrogens (tertiary/aromatic N) is 3. The van der Waals surface area contributed by atoms with E-state index in [0.29, 0.717) is 5.69 Å². The molecular formula is C23H18F3N3. The molecule has 29 heavy (non-hydrogen) atoms. The molecule has 2 heterocycles. The molecule has 0 saturated carbocycles. The van der Waals surface area contributed by atoms with Gasteiger partial charge in [0.1, 0.15) is 0 Å². The number of hydrogen-bond donors (Lipinski definition) is 0. The summed E-state index contributed by atoms with van der Waals surface area (Å²) in [5.74, 6) is 0. The number of aryl methyl sites for hydroxylation is 1. The van der Waals surface area contributed by atoms with Crippen molar-refractivity contribution in [2.24, 2.45) is 0 Å². The van der Waals surface area contributed by atoms with E-state index in [0.717, 1.165) is 45.8 Å². The number of aromatic nitrogens is 3. The molecule has 0 unspecified atom stereocenters. The number of hydrogen-bond acceptors (Lipinski definition) is 2. The summed E-state index contributed by atoms with van der Waals surface area (Å²) < 4.78 is 40.4. The number of rotatable bonds is 3. The third kappa shape index (κ3) is 3.78. The number of halogens is 3. The van der Waals surface area contributed by atoms with E-state index in [9.17, 15) is 13.2 Å². The van der Waals surface area contributed by atoms with Crippen molar-refractivity contribution in [3.05, 3.63) is 89.0 Å². The quantitative estimate of drug-likeness (QED) is 0.413. The lowest BCUT2D eigenvalue weighted by atomic mass is 10.2. The van der Waals surface area contributed by atoms with Crippen molar-refractivity contribution >= 4 is 23.2 Å². The molecule has 146 valence electrons. The fourth-order valence-electron chi connectivity index (χ4n) is 3.38. The van der Waals surface area contributed by atoms with Gasteiger partial charge in [-0.15, -0.1) is 0 Å². The van der Waals surface area contributed by atoms with Gasteiger partial charge in [-0.3, -0.25) is 4.98 Å². The van der Waals surface area contributed by atoms with Crippen molar-refractivity contribution in [3.63, 3.8) is 0 Å². The van der Waals surface area contributed by atoms with E-state index in [-0.39, 0.29) is 0 Å². The molecule has 4 rings (SSSR count). The molecule has 0 radical (unpaired) electrons. The van der Waals surface area contributed by atoms with E-state index >= 15 is 0 Å². The van der Waals surface area contributed by atoms with Crippen LogP contribution in [0, 0.1) is 13.8 Å². The summed E-state index contributed by atoms with van der Waals surface area (Å²) in [5, 5.41) is 0. The third-order valence-corrected chi connectivity index (χ3v) is 4.82. The van der Waals surface area contributed by atoms with Gasteiger partial charge in [0.05, 0.1) is 28.5 Å². The Kier molecular flexibility index (Phi) is 4.70. The zero-order valence-corrected chi connectivity index (χ0v) is 15.9. The summed E-state index contributed by atoms with van der Waals surface area (Å²) in [4.78, 5) is 8.98. The lowest BCUT2D eigenvalue weighted by Gasteiger charge is -2.12. The van der Waals surface area contributed by atoms with E-state index in [4.69, 9.17) is 0 Å². The summed E-state index contributed by atoms with van der Waals surface area (Å²) in [7, 11) is 0. The fraction of sp³-hybridized carbons (Fsp3) is 0.130. The largest absolute Gasteiger partial charge is 0.416 e. The first-order chi connectivity index (χ1) is 13.8. The second kappa shape index (κ2) is 7.20. The van der Waals surface area contributed by atoms with Gasteiger partial charge in [0.25, 0.3) is 0 Å². The van der Waals surface area contributed by atoms with E-state index in [2.05, 4.69) is 9.97 Å². The van der Waals surface area contributed by atoms with Crippen molar-refractivity contribution in [3.8, 4) is 5.69 Å². The molecule has 0 aliphatic carbocycles. The van der Waals surface area contributed by atoms with Gasteiger partial charge in [-0.2, -0.15) is 13.2 Å². The number of para-hydroxylation sites is 2. The summed E-state index contributed by atoms with van der Waals surface area (Å²) in [6, 6.07) is 14.9. The molecule has 0 atom stereocenters. The van der Waals surface area contributed by atoms with Gasteiger partial charge < -0.3 is 4.57 Å². The van der Waals surface area contributed by atoms with Crippen LogP contribution in [0.25, 0.3) is 28.9 Å². The van der Waals surface area contributed by atoms with Crippen LogP contribution in [0.15, 0.2) is 60.8 Å². The molecule has 2 aromatic heterocycles. The predicted molar refractivity (Wildman–Crippen MR) is 109 cm³/mol. The minimum absolute atomic E-state index is 0.654. The summed E-state index contributed by atoms with van der Waals surface area (Å²) >= 11 is 0. The van der Waals surface area contributed by atoms with Gasteiger partial charge in [0.15, 0.2) is 0 Å². The van der Waals surface area contributed by atoms with Crippen LogP contribution < -0.4 is 0 Å². The Bertz CT molecular complexity index is 1200. The Balaban J connectivity index is 1.65. The molecule has 0 aliphatic rings. The Morgan fingerprint density at radius 3 is 2.28 bits per heavy atom. The Labute approximate surface area is 166 Å². The molecule has 6 heteroatoms. The van der Waals surface area contributed by atoms with Crippen molar-refractivity contribution in [1.29, 1.82) is 0 Å². The van der Waals surface area contributed by atoms with Crippen LogP contribution in [0.2, 0.25) is 0 Å². The monoisotopic (exact) mass is 393 g/mol. The molecule has 0 spiro atoms. The van der Waals surface area contributed by atoms with Crippen LogP contribution in [0.4, 0.5) is 13.2 Å². The van der Waals surface area contributed by atoms with Crippen LogP contribution >= 0.6 is 0 Å². The van der Waals surface area contributed by atoms with Crippen LogP contribution in [0.1, 0.15) is 28.2 Å². The first kappa shape index (κ1) is 18.9. The minimum Gasteiger partial charge on any atom is -0.318 e. The summed E-state index contributed by atoms with van der Waals surface area (Å²) in [6.07, 6.45) is 1.21. The van der Waals surface area contributed by atoms with Crippen molar-refractivity contribution < 1.29 is 13.2 Å². The number of fused-ring (bicyclic) bond motifs is 1. The second-order valence-electron chi connectivity index (χ2n) is 6.82. The zero-order valence-electron chi connectivity index (χ0n) is 15.9. The highest BCUT2D eigenvalue weighted by molar-refractivity contribution is 5.77. The molecule has 0 N–H and O–H groups in total. The van der Waals surface area contributed by atoms with Crippen molar-refractivity contribution in [2.75, 3.05) is 0 Å². The maximum absolute atomic E-state index is 12.8. The van der Waals surface area contributed by atoms with Crippen LogP contribution in [-0.2, 0) is 6.18 Å². The van der Waals surface area contributed by atoms with Crippen molar-refractivity contribution in [1.82, 2.24) is 14.5 Å². The van der Waals surface area contributed by atoms with E-state index < -0.39 is 11.7 Å². The number of benzene rings is 2. The molecule has 0 saturated heterocycles. The zero-order chi connectivity index (χ0) is 20.6. The molecular weight excluding hydrogens is 375 g/mol. The molecule has 0 aliphatic heterocycles. The maximum Gasteiger partial charge on any atom is 0.416 e. The van der Waals surface area contributed by atoms with Crippen molar-refractivity contribution in [2.45, 2.75) is 20.0 Å². The summed E-state index contributed by atoms with van der Waals surface area (Å²) in [5.41, 5.74) is 5.28. The maximum atomic E-state index is 12.8. The van der Waals surface area contributed by atoms with E-state index in [1.54, 1.807) is 6.20 Å².